The van der Waals surface area contributed by atoms with Crippen LogP contribution in [0.15, 0.2) is 66.7 Å². The third-order valence-electron chi connectivity index (χ3n) is 6.08. The van der Waals surface area contributed by atoms with Gasteiger partial charge in [0, 0.05) is 19.5 Å². The second-order valence-corrected chi connectivity index (χ2v) is 8.59. The Bertz CT molecular complexity index is 1240. The van der Waals surface area contributed by atoms with E-state index < -0.39 is 0 Å². The Labute approximate surface area is 190 Å². The number of nitrogens with zero attached hydrogens (tertiary/aromatic N) is 2. The number of carbonyl (C=O) groups is 1. The average Bonchev–Trinajstić information content (AvgIpc) is 3.13. The van der Waals surface area contributed by atoms with Crippen LogP contribution in [0.4, 0.5) is 0 Å². The molecule has 0 spiro atoms. The second kappa shape index (κ2) is 9.82. The van der Waals surface area contributed by atoms with Crippen LogP contribution in [0.25, 0.3) is 11.0 Å². The van der Waals surface area contributed by atoms with Gasteiger partial charge in [-0.05, 0) is 61.6 Å². The Morgan fingerprint density at radius 3 is 2.50 bits per heavy atom. The summed E-state index contributed by atoms with van der Waals surface area (Å²) in [7, 11) is 0. The number of fused-ring (bicyclic) bond motifs is 1. The summed E-state index contributed by atoms with van der Waals surface area (Å²) in [6.45, 7) is 7.80. The second-order valence-electron chi connectivity index (χ2n) is 8.59. The third kappa shape index (κ3) is 5.08. The van der Waals surface area contributed by atoms with Gasteiger partial charge in [-0.25, -0.2) is 4.98 Å². The fraction of sp³-hybridized carbons (Fsp3) is 0.286. The lowest BCUT2D eigenvalue weighted by Gasteiger charge is -2.13. The van der Waals surface area contributed by atoms with Gasteiger partial charge in [0.1, 0.15) is 5.82 Å². The molecule has 4 rings (SSSR count). The zero-order chi connectivity index (χ0) is 22.5. The number of aromatic nitrogens is 2. The van der Waals surface area contributed by atoms with E-state index in [-0.39, 0.29) is 5.91 Å². The Balaban J connectivity index is 1.43. The maximum absolute atomic E-state index is 12.4. The Hall–Kier alpha value is -3.40. The van der Waals surface area contributed by atoms with Gasteiger partial charge >= 0.3 is 0 Å². The first-order valence-electron chi connectivity index (χ1n) is 11.3. The van der Waals surface area contributed by atoms with Gasteiger partial charge in [-0.2, -0.15) is 0 Å². The quantitative estimate of drug-likeness (QED) is 0.389. The highest BCUT2D eigenvalue weighted by molar-refractivity contribution is 5.79. The summed E-state index contributed by atoms with van der Waals surface area (Å²) in [6, 6.07) is 23.0. The normalized spacial score (nSPS) is 11.1. The van der Waals surface area contributed by atoms with Gasteiger partial charge in [0.2, 0.25) is 5.91 Å². The first-order chi connectivity index (χ1) is 15.5. The molecule has 0 aliphatic carbocycles. The van der Waals surface area contributed by atoms with Crippen LogP contribution >= 0.6 is 0 Å². The van der Waals surface area contributed by atoms with Crippen molar-refractivity contribution in [2.45, 2.75) is 46.6 Å². The van der Waals surface area contributed by atoms with E-state index in [0.29, 0.717) is 13.0 Å². The van der Waals surface area contributed by atoms with E-state index >= 15 is 0 Å². The lowest BCUT2D eigenvalue weighted by atomic mass is 10.1. The number of carbonyl (C=O) groups excluding carboxylic acids is 1. The molecule has 0 atom stereocenters. The number of imidazole rings is 1. The first kappa shape index (κ1) is 21.8. The number of nitrogens with one attached hydrogen (secondary N) is 1. The predicted octanol–water partition coefficient (Wildman–Crippen LogP) is 5.30. The van der Waals surface area contributed by atoms with Crippen molar-refractivity contribution in [3.63, 3.8) is 0 Å². The van der Waals surface area contributed by atoms with E-state index in [1.54, 1.807) is 0 Å². The predicted molar refractivity (Wildman–Crippen MR) is 131 cm³/mol. The summed E-state index contributed by atoms with van der Waals surface area (Å²) in [6.07, 6.45) is 2.11. The molecule has 4 nitrogen and oxygen atoms in total. The highest BCUT2D eigenvalue weighted by Crippen LogP contribution is 2.21. The van der Waals surface area contributed by atoms with E-state index in [9.17, 15) is 4.79 Å². The number of amides is 1. The number of rotatable bonds is 8. The molecule has 4 heteroatoms. The van der Waals surface area contributed by atoms with Crippen LogP contribution in [0.5, 0.6) is 0 Å². The van der Waals surface area contributed by atoms with Crippen LogP contribution in [0.3, 0.4) is 0 Å². The van der Waals surface area contributed by atoms with Gasteiger partial charge in [-0.1, -0.05) is 60.2 Å². The van der Waals surface area contributed by atoms with E-state index in [4.69, 9.17) is 4.98 Å². The molecule has 1 heterocycles. The number of hydrogen-bond donors (Lipinski definition) is 1. The van der Waals surface area contributed by atoms with Crippen molar-refractivity contribution >= 4 is 16.9 Å². The van der Waals surface area contributed by atoms with E-state index in [1.807, 2.05) is 37.3 Å². The zero-order valence-electron chi connectivity index (χ0n) is 19.2. The lowest BCUT2D eigenvalue weighted by molar-refractivity contribution is -0.120. The minimum absolute atomic E-state index is 0.0724. The summed E-state index contributed by atoms with van der Waals surface area (Å²) in [5.74, 6) is 1.14. The highest BCUT2D eigenvalue weighted by Gasteiger charge is 2.12. The molecule has 3 aromatic carbocycles. The fourth-order valence-electron chi connectivity index (χ4n) is 4.15. The molecule has 4 aromatic rings. The monoisotopic (exact) mass is 425 g/mol. The van der Waals surface area contributed by atoms with Crippen LogP contribution in [0.1, 0.15) is 40.1 Å². The molecule has 32 heavy (non-hydrogen) atoms. The fourth-order valence-corrected chi connectivity index (χ4v) is 4.15. The lowest BCUT2D eigenvalue weighted by Crippen LogP contribution is -2.26. The molecule has 1 amide bonds. The maximum atomic E-state index is 12.4. The SMILES string of the molecule is Cc1ccc(C)c(Cn2c(CCCNC(=O)Cc3ccccc3C)nc3ccccc32)c1. The molecule has 0 saturated carbocycles. The van der Waals surface area contributed by atoms with Crippen molar-refractivity contribution in [2.75, 3.05) is 6.54 Å². The van der Waals surface area contributed by atoms with E-state index in [0.717, 1.165) is 47.4 Å². The maximum Gasteiger partial charge on any atom is 0.224 e. The van der Waals surface area contributed by atoms with Gasteiger partial charge in [-0.3, -0.25) is 4.79 Å². The molecule has 1 N–H and O–H groups in total. The van der Waals surface area contributed by atoms with Crippen LogP contribution < -0.4 is 5.32 Å². The van der Waals surface area contributed by atoms with Crippen molar-refractivity contribution in [1.29, 1.82) is 0 Å². The topological polar surface area (TPSA) is 46.9 Å². The standard InChI is InChI=1S/C28H31N3O/c1-20-14-15-22(3)24(17-20)19-31-26-12-7-6-11-25(26)30-27(31)13-8-16-29-28(32)18-23-10-5-4-9-21(23)2/h4-7,9-12,14-15,17H,8,13,16,18-19H2,1-3H3,(H,29,32). The highest BCUT2D eigenvalue weighted by atomic mass is 16.1. The van der Waals surface area contributed by atoms with Crippen molar-refractivity contribution < 1.29 is 4.79 Å². The number of hydrogen-bond acceptors (Lipinski definition) is 2. The molecule has 0 aliphatic rings. The number of para-hydroxylation sites is 2. The van der Waals surface area contributed by atoms with Crippen molar-refractivity contribution in [3.8, 4) is 0 Å². The zero-order valence-corrected chi connectivity index (χ0v) is 19.2. The minimum atomic E-state index is 0.0724. The van der Waals surface area contributed by atoms with Gasteiger partial charge in [0.05, 0.1) is 17.5 Å². The Kier molecular flexibility index (Phi) is 6.69. The smallest absolute Gasteiger partial charge is 0.224 e. The van der Waals surface area contributed by atoms with Crippen LogP contribution in [-0.4, -0.2) is 22.0 Å². The van der Waals surface area contributed by atoms with Crippen molar-refractivity contribution in [2.24, 2.45) is 0 Å². The molecule has 1 aromatic heterocycles. The number of benzene rings is 3. The molecular formula is C28H31N3O. The number of aryl methyl sites for hydroxylation is 4. The third-order valence-corrected chi connectivity index (χ3v) is 6.08. The molecule has 0 bridgehead atoms. The van der Waals surface area contributed by atoms with Gasteiger partial charge in [0.25, 0.3) is 0 Å². The summed E-state index contributed by atoms with van der Waals surface area (Å²) in [5.41, 5.74) is 8.31. The van der Waals surface area contributed by atoms with E-state index in [2.05, 4.69) is 60.1 Å². The minimum Gasteiger partial charge on any atom is -0.356 e. The summed E-state index contributed by atoms with van der Waals surface area (Å²) >= 11 is 0. The average molecular weight is 426 g/mol. The molecule has 0 radical (unpaired) electrons. The first-order valence-corrected chi connectivity index (χ1v) is 11.3. The van der Waals surface area contributed by atoms with Gasteiger partial charge < -0.3 is 9.88 Å². The van der Waals surface area contributed by atoms with E-state index in [1.165, 1.54) is 16.7 Å². The summed E-state index contributed by atoms with van der Waals surface area (Å²) in [4.78, 5) is 17.3. The Morgan fingerprint density at radius 1 is 0.906 bits per heavy atom. The van der Waals surface area contributed by atoms with Crippen molar-refractivity contribution in [1.82, 2.24) is 14.9 Å². The molecule has 0 aliphatic heterocycles. The van der Waals surface area contributed by atoms with Crippen molar-refractivity contribution in [3.05, 3.63) is 100 Å². The Morgan fingerprint density at radius 2 is 1.66 bits per heavy atom. The molecule has 0 fully saturated rings. The van der Waals surface area contributed by atoms with Crippen LogP contribution in [-0.2, 0) is 24.2 Å². The summed E-state index contributed by atoms with van der Waals surface area (Å²) in [5, 5.41) is 3.07. The molecular weight excluding hydrogens is 394 g/mol. The molecule has 164 valence electrons. The van der Waals surface area contributed by atoms with Crippen LogP contribution in [0, 0.1) is 20.8 Å². The van der Waals surface area contributed by atoms with Crippen LogP contribution in [0.2, 0.25) is 0 Å². The van der Waals surface area contributed by atoms with Gasteiger partial charge in [0.15, 0.2) is 0 Å². The summed E-state index contributed by atoms with van der Waals surface area (Å²) < 4.78 is 2.33. The largest absolute Gasteiger partial charge is 0.356 e. The molecule has 0 saturated heterocycles. The van der Waals surface area contributed by atoms with Gasteiger partial charge in [-0.15, -0.1) is 0 Å². The molecule has 0 unspecified atom stereocenters.